The zero-order valence-corrected chi connectivity index (χ0v) is 11.6. The Morgan fingerprint density at radius 1 is 1.48 bits per heavy atom. The van der Waals surface area contributed by atoms with Gasteiger partial charge in [-0.05, 0) is 25.1 Å². The minimum Gasteiger partial charge on any atom is -0.451 e. The molecule has 0 radical (unpaired) electrons. The molecule has 0 aliphatic heterocycles. The molecule has 0 saturated carbocycles. The Labute approximate surface area is 119 Å². The molecule has 1 N–H and O–H groups in total. The van der Waals surface area contributed by atoms with E-state index in [4.69, 9.17) is 4.42 Å². The van der Waals surface area contributed by atoms with E-state index in [0.717, 1.165) is 0 Å². The van der Waals surface area contributed by atoms with E-state index in [0.29, 0.717) is 22.4 Å². The molecule has 0 unspecified atom stereocenters. The number of nitrogens with zero attached hydrogens (tertiary/aromatic N) is 3. The number of aryl methyl sites for hydroxylation is 1. The molecule has 0 aliphatic carbocycles. The first-order chi connectivity index (χ1) is 10.1. The van der Waals surface area contributed by atoms with Crippen molar-refractivity contribution in [2.45, 2.75) is 13.5 Å². The summed E-state index contributed by atoms with van der Waals surface area (Å²) in [5.41, 5.74) is 1.12. The number of furan rings is 1. The molecule has 3 rings (SSSR count). The van der Waals surface area contributed by atoms with Crippen LogP contribution in [0.5, 0.6) is 0 Å². The molecule has 1 aromatic carbocycles. The van der Waals surface area contributed by atoms with Crippen molar-refractivity contribution in [1.82, 2.24) is 20.1 Å². The zero-order chi connectivity index (χ0) is 15.0. The Kier molecular flexibility index (Phi) is 3.17. The second-order valence-electron chi connectivity index (χ2n) is 4.79. The first kappa shape index (κ1) is 13.3. The lowest BCUT2D eigenvalue weighted by molar-refractivity contribution is 0.0751. The van der Waals surface area contributed by atoms with Crippen LogP contribution in [0.1, 0.15) is 21.9 Å². The molecule has 0 saturated heterocycles. The minimum atomic E-state index is -0.361. The molecule has 3 aromatic rings. The van der Waals surface area contributed by atoms with E-state index in [2.05, 4.69) is 15.2 Å². The molecule has 2 aromatic heterocycles. The Hall–Kier alpha value is -2.70. The number of carbonyl (C=O) groups is 1. The number of carbonyl (C=O) groups excluding carboxylic acids is 1. The van der Waals surface area contributed by atoms with Gasteiger partial charge in [0.05, 0.1) is 6.54 Å². The molecule has 0 fully saturated rings. The number of halogens is 1. The molecule has 0 bridgehead atoms. The standard InChI is InChI=1S/C14H13FN4O2/c1-8-10-5-9(15)3-4-11(10)21-13(8)14(20)19(2)6-12-16-7-17-18-12/h3-5,7H,6H2,1-2H3,(H,16,17,18). The molecular weight excluding hydrogens is 275 g/mol. The van der Waals surface area contributed by atoms with E-state index in [1.165, 1.54) is 29.4 Å². The van der Waals surface area contributed by atoms with Crippen LogP contribution in [-0.2, 0) is 6.54 Å². The average molecular weight is 288 g/mol. The van der Waals surface area contributed by atoms with Crippen LogP contribution in [0.3, 0.4) is 0 Å². The van der Waals surface area contributed by atoms with Crippen molar-refractivity contribution in [1.29, 1.82) is 0 Å². The Morgan fingerprint density at radius 2 is 2.29 bits per heavy atom. The number of rotatable bonds is 3. The van der Waals surface area contributed by atoms with Crippen LogP contribution < -0.4 is 0 Å². The highest BCUT2D eigenvalue weighted by Gasteiger charge is 2.21. The number of aromatic amines is 1. The monoisotopic (exact) mass is 288 g/mol. The molecule has 0 aliphatic rings. The summed E-state index contributed by atoms with van der Waals surface area (Å²) in [7, 11) is 1.64. The van der Waals surface area contributed by atoms with Gasteiger partial charge < -0.3 is 9.32 Å². The van der Waals surface area contributed by atoms with Gasteiger partial charge in [-0.15, -0.1) is 0 Å². The van der Waals surface area contributed by atoms with E-state index in [-0.39, 0.29) is 24.0 Å². The molecule has 2 heterocycles. The lowest BCUT2D eigenvalue weighted by atomic mass is 10.1. The van der Waals surface area contributed by atoms with Crippen molar-refractivity contribution in [2.24, 2.45) is 0 Å². The predicted octanol–water partition coefficient (Wildman–Crippen LogP) is 2.27. The third-order valence-corrected chi connectivity index (χ3v) is 3.29. The largest absolute Gasteiger partial charge is 0.451 e. The summed E-state index contributed by atoms with van der Waals surface area (Å²) >= 11 is 0. The molecular formula is C14H13FN4O2. The summed E-state index contributed by atoms with van der Waals surface area (Å²) in [5.74, 6) is 0.129. The lowest BCUT2D eigenvalue weighted by Gasteiger charge is -2.14. The van der Waals surface area contributed by atoms with Crippen molar-refractivity contribution in [2.75, 3.05) is 7.05 Å². The molecule has 1 amide bonds. The van der Waals surface area contributed by atoms with E-state index in [9.17, 15) is 9.18 Å². The minimum absolute atomic E-state index is 0.206. The third-order valence-electron chi connectivity index (χ3n) is 3.29. The van der Waals surface area contributed by atoms with Gasteiger partial charge >= 0.3 is 0 Å². The van der Waals surface area contributed by atoms with Crippen LogP contribution in [0, 0.1) is 12.7 Å². The number of H-pyrrole nitrogens is 1. The Morgan fingerprint density at radius 3 is 3.00 bits per heavy atom. The summed E-state index contributed by atoms with van der Waals surface area (Å²) < 4.78 is 18.8. The van der Waals surface area contributed by atoms with Gasteiger partial charge in [0.25, 0.3) is 5.91 Å². The summed E-state index contributed by atoms with van der Waals surface area (Å²) in [4.78, 5) is 17.9. The van der Waals surface area contributed by atoms with Crippen molar-refractivity contribution in [3.8, 4) is 0 Å². The van der Waals surface area contributed by atoms with Crippen LogP contribution in [0.15, 0.2) is 28.9 Å². The number of nitrogens with one attached hydrogen (secondary N) is 1. The molecule has 7 heteroatoms. The van der Waals surface area contributed by atoms with Crippen LogP contribution >= 0.6 is 0 Å². The van der Waals surface area contributed by atoms with Crippen molar-refractivity contribution >= 4 is 16.9 Å². The number of fused-ring (bicyclic) bond motifs is 1. The highest BCUT2D eigenvalue weighted by Crippen LogP contribution is 2.26. The second-order valence-corrected chi connectivity index (χ2v) is 4.79. The first-order valence-electron chi connectivity index (χ1n) is 6.34. The highest BCUT2D eigenvalue weighted by atomic mass is 19.1. The van der Waals surface area contributed by atoms with Gasteiger partial charge in [0.1, 0.15) is 23.6 Å². The first-order valence-corrected chi connectivity index (χ1v) is 6.34. The Bertz CT molecular complexity index is 795. The fourth-order valence-electron chi connectivity index (χ4n) is 2.17. The van der Waals surface area contributed by atoms with Crippen molar-refractivity contribution < 1.29 is 13.6 Å². The summed E-state index contributed by atoms with van der Waals surface area (Å²) in [5, 5.41) is 7.02. The second kappa shape index (κ2) is 5.01. The molecule has 108 valence electrons. The number of hydrogen-bond donors (Lipinski definition) is 1. The zero-order valence-electron chi connectivity index (χ0n) is 11.6. The van der Waals surface area contributed by atoms with Gasteiger partial charge in [0, 0.05) is 18.0 Å². The number of amides is 1. The van der Waals surface area contributed by atoms with E-state index < -0.39 is 0 Å². The van der Waals surface area contributed by atoms with Crippen molar-refractivity contribution in [3.05, 3.63) is 47.5 Å². The van der Waals surface area contributed by atoms with Crippen LogP contribution in [0.4, 0.5) is 4.39 Å². The fraction of sp³-hybridized carbons (Fsp3) is 0.214. The SMILES string of the molecule is Cc1c(C(=O)N(C)Cc2ncn[nH]2)oc2ccc(F)cc12. The van der Waals surface area contributed by atoms with Crippen LogP contribution in [0.2, 0.25) is 0 Å². The third kappa shape index (κ3) is 2.37. The summed E-state index contributed by atoms with van der Waals surface area (Å²) in [6.07, 6.45) is 1.38. The van der Waals surface area contributed by atoms with E-state index in [1.54, 1.807) is 14.0 Å². The molecule has 0 atom stereocenters. The predicted molar refractivity (Wildman–Crippen MR) is 73.1 cm³/mol. The van der Waals surface area contributed by atoms with Crippen molar-refractivity contribution in [3.63, 3.8) is 0 Å². The maximum absolute atomic E-state index is 13.3. The maximum Gasteiger partial charge on any atom is 0.290 e. The maximum atomic E-state index is 13.3. The number of benzene rings is 1. The number of hydrogen-bond acceptors (Lipinski definition) is 4. The van der Waals surface area contributed by atoms with E-state index >= 15 is 0 Å². The Balaban J connectivity index is 1.92. The topological polar surface area (TPSA) is 75.0 Å². The van der Waals surface area contributed by atoms with Gasteiger partial charge in [-0.1, -0.05) is 0 Å². The highest BCUT2D eigenvalue weighted by molar-refractivity contribution is 5.98. The van der Waals surface area contributed by atoms with Gasteiger partial charge in [-0.2, -0.15) is 5.10 Å². The summed E-state index contributed by atoms with van der Waals surface area (Å²) in [6.45, 7) is 2.02. The molecule has 0 spiro atoms. The van der Waals surface area contributed by atoms with Gasteiger partial charge in [0.2, 0.25) is 0 Å². The van der Waals surface area contributed by atoms with Gasteiger partial charge in [-0.25, -0.2) is 9.37 Å². The fourth-order valence-corrected chi connectivity index (χ4v) is 2.17. The van der Waals surface area contributed by atoms with Gasteiger partial charge in [-0.3, -0.25) is 9.89 Å². The van der Waals surface area contributed by atoms with E-state index in [1.807, 2.05) is 0 Å². The normalized spacial score (nSPS) is 11.0. The average Bonchev–Trinajstić information content (AvgIpc) is 3.07. The smallest absolute Gasteiger partial charge is 0.290 e. The van der Waals surface area contributed by atoms with Crippen LogP contribution in [0.25, 0.3) is 11.0 Å². The quantitative estimate of drug-likeness (QED) is 0.802. The lowest BCUT2D eigenvalue weighted by Crippen LogP contribution is -2.26. The summed E-state index contributed by atoms with van der Waals surface area (Å²) in [6, 6.07) is 4.18. The van der Waals surface area contributed by atoms with Gasteiger partial charge in [0.15, 0.2) is 5.76 Å². The number of aromatic nitrogens is 3. The molecule has 6 nitrogen and oxygen atoms in total. The molecule has 21 heavy (non-hydrogen) atoms. The van der Waals surface area contributed by atoms with Crippen LogP contribution in [-0.4, -0.2) is 33.0 Å².